The molecular formula is C42H58Cl2N8O10. The van der Waals surface area contributed by atoms with Gasteiger partial charge in [-0.1, -0.05) is 48.5 Å². The summed E-state index contributed by atoms with van der Waals surface area (Å²) in [6.07, 6.45) is 1.21. The molecule has 340 valence electrons. The molecule has 62 heavy (non-hydrogen) atoms. The number of nitrogens with two attached hydrogens (primary N) is 2. The second kappa shape index (κ2) is 24.4. The zero-order valence-corrected chi connectivity index (χ0v) is 36.7. The summed E-state index contributed by atoms with van der Waals surface area (Å²) >= 11 is 0. The van der Waals surface area contributed by atoms with Crippen molar-refractivity contribution in [2.75, 3.05) is 53.5 Å². The van der Waals surface area contributed by atoms with Crippen LogP contribution in [0.4, 0.5) is 0 Å². The number of hydrogen-bond acceptors (Lipinski definition) is 12. The maximum absolute atomic E-state index is 13.2. The third-order valence-electron chi connectivity index (χ3n) is 11.3. The molecular weight excluding hydrogens is 847 g/mol. The molecule has 18 nitrogen and oxygen atoms in total. The summed E-state index contributed by atoms with van der Waals surface area (Å²) in [6, 6.07) is 12.3. The fraction of sp³-hybridized carbons (Fsp3) is 0.524. The predicted molar refractivity (Wildman–Crippen MR) is 230 cm³/mol. The third-order valence-corrected chi connectivity index (χ3v) is 11.3. The smallest absolute Gasteiger partial charge is 0.328 e. The van der Waals surface area contributed by atoms with Crippen LogP contribution >= 0.6 is 24.8 Å². The predicted octanol–water partition coefficient (Wildman–Crippen LogP) is -0.0186. The van der Waals surface area contributed by atoms with Gasteiger partial charge in [0.2, 0.25) is 35.4 Å². The highest BCUT2D eigenvalue weighted by Gasteiger charge is 2.42. The van der Waals surface area contributed by atoms with E-state index in [9.17, 15) is 38.4 Å². The molecule has 3 saturated heterocycles. The number of hydrogen-bond donors (Lipinski definition) is 4. The topological polar surface area (TPSA) is 244 Å². The number of benzene rings is 2. The fourth-order valence-electron chi connectivity index (χ4n) is 7.88. The number of nitrogens with one attached hydrogen (secondary N) is 2. The first-order valence-corrected chi connectivity index (χ1v) is 20.3. The molecule has 20 heteroatoms. The van der Waals surface area contributed by atoms with Crippen molar-refractivity contribution in [2.24, 2.45) is 11.5 Å². The molecule has 6 N–H and O–H groups in total. The summed E-state index contributed by atoms with van der Waals surface area (Å²) in [6.45, 7) is 0.198. The van der Waals surface area contributed by atoms with Gasteiger partial charge in [0.15, 0.2) is 0 Å². The summed E-state index contributed by atoms with van der Waals surface area (Å²) in [5.74, 6) is -3.50. The summed E-state index contributed by atoms with van der Waals surface area (Å²) in [5.41, 5.74) is 15.2. The summed E-state index contributed by atoms with van der Waals surface area (Å²) in [5, 5.41) is 5.67. The Balaban J connectivity index is 0.00000512. The van der Waals surface area contributed by atoms with Crippen molar-refractivity contribution in [2.45, 2.75) is 88.6 Å². The molecule has 4 atom stereocenters. The highest BCUT2D eigenvalue weighted by Crippen LogP contribution is 2.23. The lowest BCUT2D eigenvalue weighted by Crippen LogP contribution is -2.50. The van der Waals surface area contributed by atoms with Crippen molar-refractivity contribution in [3.8, 4) is 0 Å². The maximum Gasteiger partial charge on any atom is 0.328 e. The van der Waals surface area contributed by atoms with Crippen molar-refractivity contribution in [1.29, 1.82) is 0 Å². The van der Waals surface area contributed by atoms with Crippen molar-refractivity contribution in [3.63, 3.8) is 0 Å². The van der Waals surface area contributed by atoms with Crippen LogP contribution in [0.5, 0.6) is 0 Å². The van der Waals surface area contributed by atoms with E-state index in [1.54, 1.807) is 0 Å². The minimum Gasteiger partial charge on any atom is -0.467 e. The van der Waals surface area contributed by atoms with Gasteiger partial charge in [0.25, 0.3) is 0 Å². The number of nitrogens with zero attached hydrogens (tertiary/aromatic N) is 4. The Bertz CT molecular complexity index is 1770. The van der Waals surface area contributed by atoms with E-state index in [2.05, 4.69) is 10.6 Å². The van der Waals surface area contributed by atoms with E-state index < -0.39 is 47.9 Å². The van der Waals surface area contributed by atoms with Gasteiger partial charge in [-0.15, -0.1) is 24.8 Å². The van der Waals surface area contributed by atoms with Crippen LogP contribution in [0, 0.1) is 0 Å². The van der Waals surface area contributed by atoms with Crippen molar-refractivity contribution in [3.05, 3.63) is 70.8 Å². The van der Waals surface area contributed by atoms with Crippen molar-refractivity contribution in [1.82, 2.24) is 30.2 Å². The van der Waals surface area contributed by atoms with Crippen LogP contribution in [0.2, 0.25) is 0 Å². The molecule has 0 aromatic heterocycles. The number of amides is 6. The Morgan fingerprint density at radius 3 is 1.26 bits per heavy atom. The lowest BCUT2D eigenvalue weighted by Gasteiger charge is -2.30. The lowest BCUT2D eigenvalue weighted by molar-refractivity contribution is -0.151. The molecule has 0 aliphatic carbocycles. The summed E-state index contributed by atoms with van der Waals surface area (Å²) in [7, 11) is 2.47. The molecule has 4 unspecified atom stereocenters. The molecule has 0 spiro atoms. The second-order valence-corrected chi connectivity index (χ2v) is 15.3. The molecule has 3 fully saturated rings. The standard InChI is InChI=1S/C42H56N8O10.2ClH/c1-59-41(57)33-19-31(23-49(33)39(55)13-11-27-3-7-29(21-43)8-4-27)45-35(51)25-47-17-15-38(54)48(18-16-37(47)53)26-36(52)46-32-20-34(42(58)60-2)50(24-32)40(56)14-12-28-5-9-30(22-44)10-6-28;;/h3-10,31-34H,11-26,43-44H2,1-2H3,(H,45,51)(H,46,52);2*1H. The Hall–Kier alpha value is -5.30. The van der Waals surface area contributed by atoms with Crippen molar-refractivity contribution >= 4 is 72.2 Å². The van der Waals surface area contributed by atoms with Gasteiger partial charge < -0.3 is 51.2 Å². The van der Waals surface area contributed by atoms with Gasteiger partial charge in [-0.05, 0) is 35.1 Å². The first-order chi connectivity index (χ1) is 28.8. The molecule has 2 aromatic carbocycles. The number of aryl methyl sites for hydroxylation is 2. The van der Waals surface area contributed by atoms with Gasteiger partial charge in [-0.3, -0.25) is 28.8 Å². The van der Waals surface area contributed by atoms with Crippen LogP contribution in [-0.4, -0.2) is 145 Å². The Labute approximate surface area is 373 Å². The average Bonchev–Trinajstić information content (AvgIpc) is 3.88. The molecule has 6 amide bonds. The number of ether oxygens (including phenoxy) is 2. The van der Waals surface area contributed by atoms with Crippen molar-refractivity contribution < 1.29 is 47.8 Å². The van der Waals surface area contributed by atoms with Crippen LogP contribution in [0.15, 0.2) is 48.5 Å². The number of esters is 2. The second-order valence-electron chi connectivity index (χ2n) is 15.3. The minimum atomic E-state index is -0.878. The van der Waals surface area contributed by atoms with E-state index in [1.807, 2.05) is 48.5 Å². The zero-order chi connectivity index (χ0) is 43.3. The Morgan fingerprint density at radius 2 is 0.935 bits per heavy atom. The van der Waals surface area contributed by atoms with Gasteiger partial charge in [0, 0.05) is 89.9 Å². The van der Waals surface area contributed by atoms with E-state index in [0.29, 0.717) is 25.9 Å². The summed E-state index contributed by atoms with van der Waals surface area (Å²) < 4.78 is 9.89. The molecule has 3 aliphatic rings. The maximum atomic E-state index is 13.2. The number of methoxy groups -OCH3 is 2. The van der Waals surface area contributed by atoms with Crippen LogP contribution in [0.3, 0.4) is 0 Å². The van der Waals surface area contributed by atoms with Gasteiger partial charge >= 0.3 is 11.9 Å². The molecule has 5 rings (SSSR count). The Morgan fingerprint density at radius 1 is 0.597 bits per heavy atom. The molecule has 0 saturated carbocycles. The number of carbonyl (C=O) groups excluding carboxylic acids is 8. The highest BCUT2D eigenvalue weighted by atomic mass is 35.5. The van der Waals surface area contributed by atoms with E-state index in [0.717, 1.165) is 22.3 Å². The normalized spacial score (nSPS) is 20.0. The quantitative estimate of drug-likeness (QED) is 0.163. The number of halogens is 2. The summed E-state index contributed by atoms with van der Waals surface area (Å²) in [4.78, 5) is 110. The third kappa shape index (κ3) is 13.9. The van der Waals surface area contributed by atoms with Crippen LogP contribution < -0.4 is 22.1 Å². The van der Waals surface area contributed by atoms with E-state index in [-0.39, 0.29) is 126 Å². The number of carbonyl (C=O) groups is 8. The highest BCUT2D eigenvalue weighted by molar-refractivity contribution is 5.90. The van der Waals surface area contributed by atoms with Crippen LogP contribution in [0.1, 0.15) is 60.8 Å². The molecule has 2 aromatic rings. The van der Waals surface area contributed by atoms with Crippen LogP contribution in [-0.2, 0) is 73.8 Å². The average molecular weight is 906 g/mol. The Kier molecular flexibility index (Phi) is 20.1. The number of rotatable bonds is 16. The van der Waals surface area contributed by atoms with E-state index in [4.69, 9.17) is 20.9 Å². The molecule has 0 bridgehead atoms. The number of likely N-dealkylation sites (tertiary alicyclic amines) is 2. The minimum absolute atomic E-state index is 0. The van der Waals surface area contributed by atoms with E-state index >= 15 is 0 Å². The van der Waals surface area contributed by atoms with Gasteiger partial charge in [0.1, 0.15) is 12.1 Å². The van der Waals surface area contributed by atoms with Gasteiger partial charge in [0.05, 0.1) is 27.3 Å². The van der Waals surface area contributed by atoms with Crippen LogP contribution in [0.25, 0.3) is 0 Å². The largest absolute Gasteiger partial charge is 0.467 e. The first-order valence-electron chi connectivity index (χ1n) is 20.3. The molecule has 0 radical (unpaired) electrons. The van der Waals surface area contributed by atoms with Gasteiger partial charge in [-0.2, -0.15) is 0 Å². The van der Waals surface area contributed by atoms with Gasteiger partial charge in [-0.25, -0.2) is 9.59 Å². The molecule has 3 aliphatic heterocycles. The SMILES string of the molecule is COC(=O)C1CC(NC(=O)CN2CCC(=O)N(CC(=O)NC3CC(C(=O)OC)N(C(=O)CCc4ccc(CN)cc4)C3)CCC2=O)CN1C(=O)CCc1ccc(CN)cc1.Cl.Cl. The monoisotopic (exact) mass is 904 g/mol. The lowest BCUT2D eigenvalue weighted by atomic mass is 10.1. The zero-order valence-electron chi connectivity index (χ0n) is 35.1. The first kappa shape index (κ1) is 51.1. The molecule has 3 heterocycles. The van der Waals surface area contributed by atoms with E-state index in [1.165, 1.54) is 33.8 Å². The fourth-order valence-corrected chi connectivity index (χ4v) is 7.88.